The molecule has 0 spiro atoms. The van der Waals surface area contributed by atoms with Gasteiger partial charge in [0.05, 0.1) is 7.11 Å². The van der Waals surface area contributed by atoms with Crippen LogP contribution in [0.4, 0.5) is 8.78 Å². The lowest BCUT2D eigenvalue weighted by molar-refractivity contribution is -0.0512. The molecule has 1 saturated heterocycles. The molecule has 11 heteroatoms. The maximum Gasteiger partial charge on any atom is 0.387 e. The van der Waals surface area contributed by atoms with E-state index in [2.05, 4.69) is 10.1 Å². The highest BCUT2D eigenvalue weighted by Gasteiger charge is 2.31. The highest BCUT2D eigenvalue weighted by atomic mass is 32.2. The van der Waals surface area contributed by atoms with E-state index in [1.165, 1.54) is 36.5 Å². The van der Waals surface area contributed by atoms with Crippen LogP contribution >= 0.6 is 0 Å². The van der Waals surface area contributed by atoms with Crippen LogP contribution in [0.5, 0.6) is 11.5 Å². The summed E-state index contributed by atoms with van der Waals surface area (Å²) in [6.45, 7) is -0.678. The molecule has 1 aromatic heterocycles. The SMILES string of the molecule is COc1ccc(CNC(=O)c2cc(S(=O)(=O)N3CCCC3)c(C)o2)cc1OC(F)F. The summed E-state index contributed by atoms with van der Waals surface area (Å²) < 4.78 is 66.6. The molecule has 1 fully saturated rings. The number of methoxy groups -OCH3 is 1. The first-order valence-electron chi connectivity index (χ1n) is 9.23. The average Bonchev–Trinajstić information content (AvgIpc) is 3.36. The van der Waals surface area contributed by atoms with Gasteiger partial charge in [-0.25, -0.2) is 8.42 Å². The van der Waals surface area contributed by atoms with Crippen LogP contribution in [0.15, 0.2) is 33.6 Å². The van der Waals surface area contributed by atoms with Crippen LogP contribution in [0.2, 0.25) is 0 Å². The van der Waals surface area contributed by atoms with Crippen molar-refractivity contribution in [3.8, 4) is 11.5 Å². The molecular weight excluding hydrogens is 422 g/mol. The monoisotopic (exact) mass is 444 g/mol. The number of rotatable bonds is 8. The second kappa shape index (κ2) is 9.00. The second-order valence-electron chi connectivity index (χ2n) is 6.69. The van der Waals surface area contributed by atoms with Crippen molar-refractivity contribution in [3.63, 3.8) is 0 Å². The zero-order valence-corrected chi connectivity index (χ0v) is 17.3. The molecule has 2 heterocycles. The van der Waals surface area contributed by atoms with Gasteiger partial charge >= 0.3 is 6.61 Å². The number of ether oxygens (including phenoxy) is 2. The van der Waals surface area contributed by atoms with Gasteiger partial charge in [-0.2, -0.15) is 13.1 Å². The number of alkyl halides is 2. The lowest BCUT2D eigenvalue weighted by Crippen LogP contribution is -2.28. The van der Waals surface area contributed by atoms with Crippen molar-refractivity contribution in [1.29, 1.82) is 0 Å². The molecule has 8 nitrogen and oxygen atoms in total. The van der Waals surface area contributed by atoms with E-state index >= 15 is 0 Å². The van der Waals surface area contributed by atoms with Crippen molar-refractivity contribution < 1.29 is 35.9 Å². The van der Waals surface area contributed by atoms with Gasteiger partial charge in [0, 0.05) is 25.7 Å². The minimum atomic E-state index is -3.72. The molecule has 0 unspecified atom stereocenters. The molecular formula is C19H22F2N2O6S. The van der Waals surface area contributed by atoms with Gasteiger partial charge < -0.3 is 19.2 Å². The number of amides is 1. The number of aryl methyl sites for hydroxylation is 1. The van der Waals surface area contributed by atoms with Crippen LogP contribution in [0.1, 0.15) is 34.7 Å². The Balaban J connectivity index is 1.71. The summed E-state index contributed by atoms with van der Waals surface area (Å²) in [5.74, 6) is -0.684. The smallest absolute Gasteiger partial charge is 0.387 e. The summed E-state index contributed by atoms with van der Waals surface area (Å²) >= 11 is 0. The van der Waals surface area contributed by atoms with Crippen LogP contribution in [-0.4, -0.2) is 45.4 Å². The maximum absolute atomic E-state index is 12.7. The molecule has 1 amide bonds. The summed E-state index contributed by atoms with van der Waals surface area (Å²) in [5, 5.41) is 2.57. The lowest BCUT2D eigenvalue weighted by atomic mass is 10.2. The van der Waals surface area contributed by atoms with Gasteiger partial charge in [0.15, 0.2) is 17.3 Å². The molecule has 1 aliphatic heterocycles. The minimum absolute atomic E-state index is 0.0175. The number of carbonyl (C=O) groups excluding carboxylic acids is 1. The highest BCUT2D eigenvalue weighted by Crippen LogP contribution is 2.30. The number of furan rings is 1. The fourth-order valence-electron chi connectivity index (χ4n) is 3.19. The molecule has 3 rings (SSSR count). The Morgan fingerprint density at radius 1 is 1.23 bits per heavy atom. The number of nitrogens with zero attached hydrogens (tertiary/aromatic N) is 1. The topological polar surface area (TPSA) is 98.1 Å². The van der Waals surface area contributed by atoms with Crippen molar-refractivity contribution >= 4 is 15.9 Å². The van der Waals surface area contributed by atoms with Crippen molar-refractivity contribution in [2.24, 2.45) is 0 Å². The van der Waals surface area contributed by atoms with Crippen LogP contribution in [0.25, 0.3) is 0 Å². The Kier molecular flexibility index (Phi) is 6.61. The van der Waals surface area contributed by atoms with E-state index in [1.807, 2.05) is 0 Å². The molecule has 0 saturated carbocycles. The van der Waals surface area contributed by atoms with Gasteiger partial charge in [0.25, 0.3) is 5.91 Å². The van der Waals surface area contributed by atoms with Gasteiger partial charge in [-0.15, -0.1) is 0 Å². The van der Waals surface area contributed by atoms with Crippen LogP contribution in [0.3, 0.4) is 0 Å². The number of hydrogen-bond acceptors (Lipinski definition) is 6. The predicted octanol–water partition coefficient (Wildman–Crippen LogP) is 2.91. The summed E-state index contributed by atoms with van der Waals surface area (Å²) in [6.07, 6.45) is 1.59. The molecule has 0 aliphatic carbocycles. The first kappa shape index (κ1) is 22.0. The number of carbonyl (C=O) groups is 1. The Morgan fingerprint density at radius 3 is 2.57 bits per heavy atom. The van der Waals surface area contributed by atoms with Gasteiger partial charge in [-0.05, 0) is 37.5 Å². The third kappa shape index (κ3) is 4.73. The van der Waals surface area contributed by atoms with E-state index in [4.69, 9.17) is 9.15 Å². The molecule has 0 atom stereocenters. The molecule has 2 aromatic rings. The van der Waals surface area contributed by atoms with E-state index in [0.717, 1.165) is 12.8 Å². The molecule has 0 radical (unpaired) electrons. The first-order chi connectivity index (χ1) is 14.2. The number of benzene rings is 1. The second-order valence-corrected chi connectivity index (χ2v) is 8.60. The third-order valence-electron chi connectivity index (χ3n) is 4.68. The van der Waals surface area contributed by atoms with Crippen LogP contribution in [0, 0.1) is 6.92 Å². The van der Waals surface area contributed by atoms with Crippen molar-refractivity contribution in [2.75, 3.05) is 20.2 Å². The van der Waals surface area contributed by atoms with Gasteiger partial charge in [0.2, 0.25) is 10.0 Å². The van der Waals surface area contributed by atoms with Gasteiger partial charge in [0.1, 0.15) is 10.7 Å². The van der Waals surface area contributed by atoms with Crippen molar-refractivity contribution in [3.05, 3.63) is 41.3 Å². The largest absolute Gasteiger partial charge is 0.493 e. The third-order valence-corrected chi connectivity index (χ3v) is 6.68. The van der Waals surface area contributed by atoms with Crippen molar-refractivity contribution in [1.82, 2.24) is 9.62 Å². The molecule has 1 N–H and O–H groups in total. The number of halogens is 2. The van der Waals surface area contributed by atoms with Gasteiger partial charge in [-0.3, -0.25) is 4.79 Å². The van der Waals surface area contributed by atoms with Crippen LogP contribution in [-0.2, 0) is 16.6 Å². The molecule has 164 valence electrons. The molecule has 30 heavy (non-hydrogen) atoms. The number of hydrogen-bond donors (Lipinski definition) is 1. The van der Waals surface area contributed by atoms with Gasteiger partial charge in [-0.1, -0.05) is 6.07 Å². The zero-order chi connectivity index (χ0) is 21.9. The Morgan fingerprint density at radius 2 is 1.93 bits per heavy atom. The van der Waals surface area contributed by atoms with E-state index < -0.39 is 22.5 Å². The Hall–Kier alpha value is -2.66. The predicted molar refractivity (Wildman–Crippen MR) is 102 cm³/mol. The standard InChI is InChI=1S/C19H22F2N2O6S/c1-12-17(30(25,26)23-7-3-4-8-23)10-16(28-12)18(24)22-11-13-5-6-14(27-2)15(9-13)29-19(20)21/h5-6,9-10,19H,3-4,7-8,11H2,1-2H3,(H,22,24). The summed E-state index contributed by atoms with van der Waals surface area (Å²) in [5.41, 5.74) is 0.480. The fourth-order valence-corrected chi connectivity index (χ4v) is 4.87. The molecule has 1 aliphatic rings. The minimum Gasteiger partial charge on any atom is -0.493 e. The average molecular weight is 444 g/mol. The fraction of sp³-hybridized carbons (Fsp3) is 0.421. The molecule has 1 aromatic carbocycles. The van der Waals surface area contributed by atoms with E-state index in [0.29, 0.717) is 18.7 Å². The quantitative estimate of drug-likeness (QED) is 0.672. The Bertz CT molecular complexity index is 1020. The number of sulfonamides is 1. The summed E-state index contributed by atoms with van der Waals surface area (Å²) in [4.78, 5) is 12.4. The van der Waals surface area contributed by atoms with E-state index in [9.17, 15) is 22.0 Å². The highest BCUT2D eigenvalue weighted by molar-refractivity contribution is 7.89. The zero-order valence-electron chi connectivity index (χ0n) is 16.5. The first-order valence-corrected chi connectivity index (χ1v) is 10.7. The normalized spacial score (nSPS) is 14.8. The Labute approximate surface area is 172 Å². The van der Waals surface area contributed by atoms with Crippen molar-refractivity contribution in [2.45, 2.75) is 37.8 Å². The van der Waals surface area contributed by atoms with E-state index in [1.54, 1.807) is 6.07 Å². The van der Waals surface area contributed by atoms with E-state index in [-0.39, 0.29) is 34.5 Å². The summed E-state index contributed by atoms with van der Waals surface area (Å²) in [6, 6.07) is 5.55. The van der Waals surface area contributed by atoms with Crippen LogP contribution < -0.4 is 14.8 Å². The maximum atomic E-state index is 12.7. The molecule has 0 bridgehead atoms. The lowest BCUT2D eigenvalue weighted by Gasteiger charge is -2.14. The summed E-state index contributed by atoms with van der Waals surface area (Å²) in [7, 11) is -2.39. The number of nitrogens with one attached hydrogen (secondary N) is 1.